The van der Waals surface area contributed by atoms with Crippen molar-refractivity contribution < 1.29 is 14.9 Å². The molecule has 1 saturated carbocycles. The third-order valence-corrected chi connectivity index (χ3v) is 6.19. The van der Waals surface area contributed by atoms with Gasteiger partial charge in [0, 0.05) is 31.1 Å². The van der Waals surface area contributed by atoms with E-state index in [2.05, 4.69) is 29.2 Å². The number of hydrogen-bond donors (Lipinski definition) is 2. The molecule has 1 saturated heterocycles. The lowest BCUT2D eigenvalue weighted by Gasteiger charge is -2.45. The predicted molar refractivity (Wildman–Crippen MR) is 101 cm³/mol. The van der Waals surface area contributed by atoms with Crippen molar-refractivity contribution in [3.63, 3.8) is 0 Å². The van der Waals surface area contributed by atoms with Gasteiger partial charge in [-0.05, 0) is 30.4 Å². The SMILES string of the molecule is COc1ccccc1C1(O)C(O)CCC2CN(Cc3ccccc3)CC21. The molecule has 2 aromatic carbocycles. The van der Waals surface area contributed by atoms with Gasteiger partial charge in [-0.3, -0.25) is 4.90 Å². The number of nitrogens with zero attached hydrogens (tertiary/aromatic N) is 1. The maximum atomic E-state index is 11.7. The van der Waals surface area contributed by atoms with Gasteiger partial charge >= 0.3 is 0 Å². The molecular weight excluding hydrogens is 326 g/mol. The predicted octanol–water partition coefficient (Wildman–Crippen LogP) is 2.79. The smallest absolute Gasteiger partial charge is 0.125 e. The summed E-state index contributed by atoms with van der Waals surface area (Å²) in [4.78, 5) is 2.41. The first-order chi connectivity index (χ1) is 12.6. The van der Waals surface area contributed by atoms with E-state index in [1.165, 1.54) is 5.56 Å². The number of para-hydroxylation sites is 1. The minimum Gasteiger partial charge on any atom is -0.496 e. The van der Waals surface area contributed by atoms with Gasteiger partial charge in [0.25, 0.3) is 0 Å². The number of benzene rings is 2. The Hall–Kier alpha value is -1.88. The quantitative estimate of drug-likeness (QED) is 0.887. The maximum absolute atomic E-state index is 11.7. The van der Waals surface area contributed by atoms with E-state index in [1.807, 2.05) is 30.3 Å². The van der Waals surface area contributed by atoms with Gasteiger partial charge in [0.1, 0.15) is 11.4 Å². The van der Waals surface area contributed by atoms with Crippen LogP contribution in [0.4, 0.5) is 0 Å². The van der Waals surface area contributed by atoms with Crippen LogP contribution in [0.5, 0.6) is 5.75 Å². The lowest BCUT2D eigenvalue weighted by atomic mass is 9.66. The molecule has 0 amide bonds. The summed E-state index contributed by atoms with van der Waals surface area (Å²) in [5.41, 5.74) is 0.736. The van der Waals surface area contributed by atoms with Gasteiger partial charge in [0.15, 0.2) is 0 Å². The Kier molecular flexibility index (Phi) is 4.74. The van der Waals surface area contributed by atoms with Crippen LogP contribution < -0.4 is 4.74 Å². The van der Waals surface area contributed by atoms with Crippen LogP contribution in [-0.2, 0) is 12.1 Å². The summed E-state index contributed by atoms with van der Waals surface area (Å²) >= 11 is 0. The first kappa shape index (κ1) is 17.5. The van der Waals surface area contributed by atoms with Crippen molar-refractivity contribution in [3.05, 3.63) is 65.7 Å². The van der Waals surface area contributed by atoms with Crippen LogP contribution >= 0.6 is 0 Å². The standard InChI is InChI=1S/C22H27NO3/c1-26-20-10-6-5-9-18(20)22(25)19-15-23(13-16-7-3-2-4-8-16)14-17(19)11-12-21(22)24/h2-10,17,19,21,24-25H,11-15H2,1H3. The summed E-state index contributed by atoms with van der Waals surface area (Å²) in [7, 11) is 1.62. The molecular formula is C22H27NO3. The number of fused-ring (bicyclic) bond motifs is 1. The van der Waals surface area contributed by atoms with Crippen molar-refractivity contribution in [1.29, 1.82) is 0 Å². The molecule has 1 aliphatic carbocycles. The zero-order valence-electron chi connectivity index (χ0n) is 15.2. The van der Waals surface area contributed by atoms with Gasteiger partial charge in [0.2, 0.25) is 0 Å². The van der Waals surface area contributed by atoms with Crippen LogP contribution in [0.3, 0.4) is 0 Å². The molecule has 138 valence electrons. The molecule has 0 bridgehead atoms. The fourth-order valence-electron chi connectivity index (χ4n) is 4.92. The largest absolute Gasteiger partial charge is 0.496 e. The Bertz CT molecular complexity index is 750. The molecule has 2 aromatic rings. The second-order valence-corrected chi connectivity index (χ2v) is 7.67. The van der Waals surface area contributed by atoms with Crippen LogP contribution in [-0.4, -0.2) is 41.4 Å². The highest BCUT2D eigenvalue weighted by Gasteiger charge is 2.55. The third-order valence-electron chi connectivity index (χ3n) is 6.19. The molecule has 4 heteroatoms. The molecule has 1 heterocycles. The summed E-state index contributed by atoms with van der Waals surface area (Å²) in [6.45, 7) is 2.63. The van der Waals surface area contributed by atoms with Gasteiger partial charge in [-0.2, -0.15) is 0 Å². The van der Waals surface area contributed by atoms with Crippen molar-refractivity contribution in [3.8, 4) is 5.75 Å². The highest BCUT2D eigenvalue weighted by Crippen LogP contribution is 2.50. The molecule has 0 radical (unpaired) electrons. The number of likely N-dealkylation sites (tertiary alicyclic amines) is 1. The summed E-state index contributed by atoms with van der Waals surface area (Å²) in [6.07, 6.45) is 0.806. The molecule has 4 nitrogen and oxygen atoms in total. The minimum atomic E-state index is -1.26. The summed E-state index contributed by atoms with van der Waals surface area (Å²) in [6, 6.07) is 18.0. The van der Waals surface area contributed by atoms with Crippen molar-refractivity contribution in [1.82, 2.24) is 4.90 Å². The Morgan fingerprint density at radius 1 is 1.04 bits per heavy atom. The molecule has 0 aromatic heterocycles. The van der Waals surface area contributed by atoms with Gasteiger partial charge < -0.3 is 14.9 Å². The first-order valence-corrected chi connectivity index (χ1v) is 9.43. The van der Waals surface area contributed by atoms with Crippen LogP contribution in [0.1, 0.15) is 24.0 Å². The molecule has 4 rings (SSSR count). The average Bonchev–Trinajstić information content (AvgIpc) is 3.09. The number of aliphatic hydroxyl groups excluding tert-OH is 1. The Morgan fingerprint density at radius 2 is 1.77 bits per heavy atom. The molecule has 2 aliphatic rings. The van der Waals surface area contributed by atoms with Crippen molar-refractivity contribution in [2.45, 2.75) is 31.1 Å². The van der Waals surface area contributed by atoms with E-state index < -0.39 is 11.7 Å². The van der Waals surface area contributed by atoms with E-state index in [-0.39, 0.29) is 5.92 Å². The van der Waals surface area contributed by atoms with E-state index in [4.69, 9.17) is 4.74 Å². The van der Waals surface area contributed by atoms with E-state index in [1.54, 1.807) is 7.11 Å². The number of ether oxygens (including phenoxy) is 1. The summed E-state index contributed by atoms with van der Waals surface area (Å²) in [5, 5.41) is 22.5. The van der Waals surface area contributed by atoms with E-state index in [9.17, 15) is 10.2 Å². The molecule has 4 atom stereocenters. The normalized spacial score (nSPS) is 31.6. The van der Waals surface area contributed by atoms with Crippen LogP contribution in [0.2, 0.25) is 0 Å². The third kappa shape index (κ3) is 2.92. The highest BCUT2D eigenvalue weighted by molar-refractivity contribution is 5.40. The van der Waals surface area contributed by atoms with Crippen LogP contribution in [0, 0.1) is 11.8 Å². The Morgan fingerprint density at radius 3 is 2.54 bits per heavy atom. The monoisotopic (exact) mass is 353 g/mol. The maximum Gasteiger partial charge on any atom is 0.125 e. The van der Waals surface area contributed by atoms with Crippen molar-refractivity contribution >= 4 is 0 Å². The second kappa shape index (κ2) is 7.03. The molecule has 1 aliphatic heterocycles. The topological polar surface area (TPSA) is 52.9 Å². The molecule has 26 heavy (non-hydrogen) atoms. The fourth-order valence-corrected chi connectivity index (χ4v) is 4.92. The molecule has 2 fully saturated rings. The fraction of sp³-hybridized carbons (Fsp3) is 0.455. The van der Waals surface area contributed by atoms with E-state index in [0.717, 1.165) is 26.1 Å². The van der Waals surface area contributed by atoms with Gasteiger partial charge in [0.05, 0.1) is 13.2 Å². The number of rotatable bonds is 4. The number of aliphatic hydroxyl groups is 2. The van der Waals surface area contributed by atoms with E-state index >= 15 is 0 Å². The van der Waals surface area contributed by atoms with E-state index in [0.29, 0.717) is 23.7 Å². The Balaban J connectivity index is 1.63. The average molecular weight is 353 g/mol. The summed E-state index contributed by atoms with van der Waals surface area (Å²) < 4.78 is 5.50. The number of methoxy groups -OCH3 is 1. The zero-order chi connectivity index (χ0) is 18.1. The van der Waals surface area contributed by atoms with Gasteiger partial charge in [-0.25, -0.2) is 0 Å². The van der Waals surface area contributed by atoms with Gasteiger partial charge in [-0.15, -0.1) is 0 Å². The van der Waals surface area contributed by atoms with Gasteiger partial charge in [-0.1, -0.05) is 48.5 Å². The highest BCUT2D eigenvalue weighted by atomic mass is 16.5. The molecule has 4 unspecified atom stereocenters. The summed E-state index contributed by atoms with van der Waals surface area (Å²) in [5.74, 6) is 1.04. The minimum absolute atomic E-state index is 0.00580. The Labute approximate surface area is 155 Å². The molecule has 2 N–H and O–H groups in total. The lowest BCUT2D eigenvalue weighted by molar-refractivity contribution is -0.151. The lowest BCUT2D eigenvalue weighted by Crippen LogP contribution is -2.52. The zero-order valence-corrected chi connectivity index (χ0v) is 15.2. The van der Waals surface area contributed by atoms with Crippen molar-refractivity contribution in [2.75, 3.05) is 20.2 Å². The van der Waals surface area contributed by atoms with Crippen LogP contribution in [0.25, 0.3) is 0 Å². The second-order valence-electron chi connectivity index (χ2n) is 7.67. The van der Waals surface area contributed by atoms with Crippen molar-refractivity contribution in [2.24, 2.45) is 11.8 Å². The number of hydrogen-bond acceptors (Lipinski definition) is 4. The first-order valence-electron chi connectivity index (χ1n) is 9.43. The van der Waals surface area contributed by atoms with Crippen LogP contribution in [0.15, 0.2) is 54.6 Å². The molecule has 0 spiro atoms.